The molecule has 4 aliphatic rings. The molecular weight excluding hydrogens is 248 g/mol. The minimum atomic E-state index is -0.0936. The second-order valence-electron chi connectivity index (χ2n) is 7.49. The average Bonchev–Trinajstić information content (AvgIpc) is 2.74. The summed E-state index contributed by atoms with van der Waals surface area (Å²) in [6.45, 7) is 2.31. The number of aliphatic hydroxyl groups is 1. The summed E-state index contributed by atoms with van der Waals surface area (Å²) in [5.41, 5.74) is 4.69. The highest BCUT2D eigenvalue weighted by atomic mass is 16.3. The van der Waals surface area contributed by atoms with Gasteiger partial charge < -0.3 is 5.11 Å². The van der Waals surface area contributed by atoms with Crippen LogP contribution in [0.3, 0.4) is 0 Å². The Morgan fingerprint density at radius 1 is 1.15 bits per heavy atom. The van der Waals surface area contributed by atoms with E-state index in [9.17, 15) is 9.90 Å². The highest BCUT2D eigenvalue weighted by molar-refractivity contribution is 5.93. The number of fused-ring (bicyclic) bond motifs is 4. The Balaban J connectivity index is 1.74. The van der Waals surface area contributed by atoms with E-state index in [1.807, 2.05) is 6.08 Å². The van der Waals surface area contributed by atoms with Gasteiger partial charge in [-0.3, -0.25) is 4.79 Å². The van der Waals surface area contributed by atoms with Gasteiger partial charge in [-0.2, -0.15) is 0 Å². The smallest absolute Gasteiger partial charge is 0.156 e. The zero-order chi connectivity index (χ0) is 13.9. The fourth-order valence-corrected chi connectivity index (χ4v) is 5.50. The summed E-state index contributed by atoms with van der Waals surface area (Å²) in [5, 5.41) is 10.4. The number of hydrogen-bond acceptors (Lipinski definition) is 2. The van der Waals surface area contributed by atoms with Gasteiger partial charge in [-0.05, 0) is 79.4 Å². The van der Waals surface area contributed by atoms with Crippen molar-refractivity contribution in [2.45, 2.75) is 64.4 Å². The molecule has 4 atom stereocenters. The first-order valence-corrected chi connectivity index (χ1v) is 8.23. The number of carbonyl (C=O) groups is 1. The zero-order valence-corrected chi connectivity index (χ0v) is 12.3. The Morgan fingerprint density at radius 3 is 2.85 bits per heavy atom. The van der Waals surface area contributed by atoms with Crippen molar-refractivity contribution in [3.8, 4) is 0 Å². The lowest BCUT2D eigenvalue weighted by molar-refractivity contribution is -0.114. The Hall–Kier alpha value is -0.890. The van der Waals surface area contributed by atoms with Crippen LogP contribution in [-0.4, -0.2) is 17.0 Å². The first-order valence-electron chi connectivity index (χ1n) is 8.23. The van der Waals surface area contributed by atoms with Crippen LogP contribution < -0.4 is 0 Å². The number of hydrogen-bond donors (Lipinski definition) is 1. The van der Waals surface area contributed by atoms with Crippen LogP contribution in [0.25, 0.3) is 0 Å². The Kier molecular flexibility index (Phi) is 2.76. The van der Waals surface area contributed by atoms with Gasteiger partial charge in [0.15, 0.2) is 5.78 Å². The van der Waals surface area contributed by atoms with Gasteiger partial charge in [0.25, 0.3) is 0 Å². The molecule has 2 fully saturated rings. The minimum absolute atomic E-state index is 0.0936. The fraction of sp³-hybridized carbons (Fsp3) is 0.722. The first-order chi connectivity index (χ1) is 9.59. The van der Waals surface area contributed by atoms with E-state index >= 15 is 0 Å². The molecule has 0 aromatic carbocycles. The maximum Gasteiger partial charge on any atom is 0.156 e. The molecule has 20 heavy (non-hydrogen) atoms. The summed E-state index contributed by atoms with van der Waals surface area (Å²) in [6.07, 6.45) is 10.2. The minimum Gasteiger partial charge on any atom is -0.393 e. The number of aliphatic hydroxyl groups excluding tert-OH is 1. The molecule has 0 saturated heterocycles. The van der Waals surface area contributed by atoms with Crippen molar-refractivity contribution < 1.29 is 9.90 Å². The monoisotopic (exact) mass is 272 g/mol. The molecule has 2 saturated carbocycles. The van der Waals surface area contributed by atoms with Crippen LogP contribution in [0.2, 0.25) is 0 Å². The SMILES string of the molecule is C[C@]12CCC3=C4CCC(=O)C=C4CC[C@H]3C1CC[C@@H]2O. The Bertz CT molecular complexity index is 528. The molecule has 2 nitrogen and oxygen atoms in total. The average molecular weight is 272 g/mol. The third-order valence-corrected chi connectivity index (χ3v) is 6.68. The lowest BCUT2D eigenvalue weighted by atomic mass is 9.57. The van der Waals surface area contributed by atoms with Crippen LogP contribution in [-0.2, 0) is 4.79 Å². The normalized spacial score (nSPS) is 43.8. The van der Waals surface area contributed by atoms with Gasteiger partial charge >= 0.3 is 0 Å². The molecular formula is C18H24O2. The number of rotatable bonds is 0. The number of carbonyl (C=O) groups excluding carboxylic acids is 1. The van der Waals surface area contributed by atoms with Crippen LogP contribution >= 0.6 is 0 Å². The van der Waals surface area contributed by atoms with Gasteiger partial charge in [-0.1, -0.05) is 12.5 Å². The van der Waals surface area contributed by atoms with E-state index in [4.69, 9.17) is 0 Å². The lowest BCUT2D eigenvalue weighted by Gasteiger charge is -2.48. The van der Waals surface area contributed by atoms with Crippen LogP contribution in [0.15, 0.2) is 22.8 Å². The molecule has 0 heterocycles. The molecule has 4 rings (SSSR count). The molecule has 4 aliphatic carbocycles. The maximum atomic E-state index is 11.6. The molecule has 2 heteroatoms. The van der Waals surface area contributed by atoms with Crippen LogP contribution in [0, 0.1) is 17.3 Å². The van der Waals surface area contributed by atoms with E-state index in [1.165, 1.54) is 24.0 Å². The van der Waals surface area contributed by atoms with E-state index in [-0.39, 0.29) is 11.5 Å². The second kappa shape index (κ2) is 4.30. The molecule has 1 N–H and O–H groups in total. The van der Waals surface area contributed by atoms with Gasteiger partial charge in [0.2, 0.25) is 0 Å². The first kappa shape index (κ1) is 12.8. The van der Waals surface area contributed by atoms with Crippen molar-refractivity contribution >= 4 is 5.78 Å². The van der Waals surface area contributed by atoms with Crippen molar-refractivity contribution in [2.75, 3.05) is 0 Å². The van der Waals surface area contributed by atoms with Crippen molar-refractivity contribution in [3.63, 3.8) is 0 Å². The maximum absolute atomic E-state index is 11.6. The Labute approximate surface area is 120 Å². The van der Waals surface area contributed by atoms with E-state index in [0.29, 0.717) is 24.0 Å². The van der Waals surface area contributed by atoms with Gasteiger partial charge in [0, 0.05) is 6.42 Å². The molecule has 108 valence electrons. The summed E-state index contributed by atoms with van der Waals surface area (Å²) in [6, 6.07) is 0. The van der Waals surface area contributed by atoms with Crippen LogP contribution in [0.4, 0.5) is 0 Å². The lowest BCUT2D eigenvalue weighted by Crippen LogP contribution is -2.42. The second-order valence-corrected chi connectivity index (χ2v) is 7.49. The van der Waals surface area contributed by atoms with Gasteiger partial charge in [-0.25, -0.2) is 0 Å². The van der Waals surface area contributed by atoms with Crippen molar-refractivity contribution in [1.29, 1.82) is 0 Å². The van der Waals surface area contributed by atoms with E-state index in [2.05, 4.69) is 6.92 Å². The third kappa shape index (κ3) is 1.64. The number of allylic oxidation sites excluding steroid dienone is 4. The molecule has 0 spiro atoms. The van der Waals surface area contributed by atoms with Crippen molar-refractivity contribution in [3.05, 3.63) is 22.8 Å². The standard InChI is InChI=1S/C18H24O2/c1-18-9-8-14-13-5-3-12(19)10-11(13)2-4-15(14)16(18)6-7-17(18)20/h10,15-17,20H,2-9H2,1H3/t15-,16?,17+,18+/m1/s1. The van der Waals surface area contributed by atoms with Gasteiger partial charge in [0.1, 0.15) is 0 Å². The van der Waals surface area contributed by atoms with E-state index < -0.39 is 0 Å². The molecule has 0 amide bonds. The Morgan fingerprint density at radius 2 is 2.00 bits per heavy atom. The summed E-state index contributed by atoms with van der Waals surface area (Å²) in [7, 11) is 0. The third-order valence-electron chi connectivity index (χ3n) is 6.68. The molecule has 0 aromatic heterocycles. The predicted octanol–water partition coefficient (Wildman–Crippen LogP) is 3.55. The fourth-order valence-electron chi connectivity index (χ4n) is 5.50. The molecule has 0 aliphatic heterocycles. The van der Waals surface area contributed by atoms with E-state index in [1.54, 1.807) is 5.57 Å². The molecule has 0 aromatic rings. The quantitative estimate of drug-likeness (QED) is 0.732. The highest BCUT2D eigenvalue weighted by Crippen LogP contribution is 2.59. The topological polar surface area (TPSA) is 37.3 Å². The van der Waals surface area contributed by atoms with Crippen molar-refractivity contribution in [2.24, 2.45) is 17.3 Å². The largest absolute Gasteiger partial charge is 0.393 e. The highest BCUT2D eigenvalue weighted by Gasteiger charge is 2.53. The zero-order valence-electron chi connectivity index (χ0n) is 12.3. The predicted molar refractivity (Wildman–Crippen MR) is 78.1 cm³/mol. The van der Waals surface area contributed by atoms with Crippen LogP contribution in [0.5, 0.6) is 0 Å². The van der Waals surface area contributed by atoms with Crippen molar-refractivity contribution in [1.82, 2.24) is 0 Å². The molecule has 0 bridgehead atoms. The summed E-state index contributed by atoms with van der Waals surface area (Å²) >= 11 is 0. The molecule has 1 unspecified atom stereocenters. The molecule has 0 radical (unpaired) electrons. The van der Waals surface area contributed by atoms with Gasteiger partial charge in [-0.15, -0.1) is 0 Å². The van der Waals surface area contributed by atoms with Gasteiger partial charge in [0.05, 0.1) is 6.10 Å². The number of ketones is 1. The summed E-state index contributed by atoms with van der Waals surface area (Å²) in [4.78, 5) is 11.6. The summed E-state index contributed by atoms with van der Waals surface area (Å²) in [5.74, 6) is 1.68. The van der Waals surface area contributed by atoms with E-state index in [0.717, 1.165) is 32.1 Å². The van der Waals surface area contributed by atoms with Crippen LogP contribution in [0.1, 0.15) is 58.3 Å². The summed E-state index contributed by atoms with van der Waals surface area (Å²) < 4.78 is 0.